The van der Waals surface area contributed by atoms with E-state index in [1.54, 1.807) is 55.5 Å². The fourth-order valence-electron chi connectivity index (χ4n) is 1.85. The van der Waals surface area contributed by atoms with Gasteiger partial charge in [0.25, 0.3) is 5.91 Å². The summed E-state index contributed by atoms with van der Waals surface area (Å²) in [6.07, 6.45) is -1.77. The number of esters is 1. The molecule has 0 bridgehead atoms. The Balaban J connectivity index is 1.85. The first-order valence-corrected chi connectivity index (χ1v) is 7.82. The monoisotopic (exact) mass is 347 g/mol. The average Bonchev–Trinajstić information content (AvgIpc) is 2.57. The largest absolute Gasteiger partial charge is 0.479 e. The molecule has 0 aromatic heterocycles. The molecule has 2 aromatic rings. The van der Waals surface area contributed by atoms with Crippen molar-refractivity contribution in [2.45, 2.75) is 26.1 Å². The minimum Gasteiger partial charge on any atom is -0.479 e. The maximum Gasteiger partial charge on any atom is 0.347 e. The number of carbonyl (C=O) groups excluding carboxylic acids is 2. The second-order valence-electron chi connectivity index (χ2n) is 5.15. The third kappa shape index (κ3) is 5.28. The first kappa shape index (κ1) is 17.8. The summed E-state index contributed by atoms with van der Waals surface area (Å²) in [7, 11) is 0. The number of amides is 1. The summed E-state index contributed by atoms with van der Waals surface area (Å²) in [6, 6.07) is 15.6. The van der Waals surface area contributed by atoms with Gasteiger partial charge in [-0.2, -0.15) is 0 Å². The first-order chi connectivity index (χ1) is 11.5. The van der Waals surface area contributed by atoms with Gasteiger partial charge in [0.15, 0.2) is 12.2 Å². The molecule has 24 heavy (non-hydrogen) atoms. The van der Waals surface area contributed by atoms with E-state index in [1.807, 2.05) is 6.07 Å². The van der Waals surface area contributed by atoms with Crippen molar-refractivity contribution >= 4 is 29.2 Å². The van der Waals surface area contributed by atoms with Crippen LogP contribution in [-0.2, 0) is 14.3 Å². The molecule has 0 saturated heterocycles. The van der Waals surface area contributed by atoms with Gasteiger partial charge in [0.05, 0.1) is 0 Å². The topological polar surface area (TPSA) is 64.6 Å². The molecule has 0 radical (unpaired) electrons. The summed E-state index contributed by atoms with van der Waals surface area (Å²) < 4.78 is 10.6. The second-order valence-corrected chi connectivity index (χ2v) is 5.58. The van der Waals surface area contributed by atoms with E-state index >= 15 is 0 Å². The third-order valence-corrected chi connectivity index (χ3v) is 3.41. The number of hydrogen-bond acceptors (Lipinski definition) is 4. The predicted molar refractivity (Wildman–Crippen MR) is 92.2 cm³/mol. The lowest BCUT2D eigenvalue weighted by atomic mass is 10.3. The second kappa shape index (κ2) is 8.36. The van der Waals surface area contributed by atoms with Gasteiger partial charge in [-0.15, -0.1) is 0 Å². The molecule has 0 heterocycles. The molecule has 0 aliphatic carbocycles. The van der Waals surface area contributed by atoms with Crippen molar-refractivity contribution in [3.63, 3.8) is 0 Å². The number of hydrogen-bond donors (Lipinski definition) is 1. The van der Waals surface area contributed by atoms with Crippen LogP contribution in [-0.4, -0.2) is 24.1 Å². The number of ether oxygens (including phenoxy) is 2. The molecule has 0 spiro atoms. The van der Waals surface area contributed by atoms with Gasteiger partial charge in [-0.1, -0.05) is 29.8 Å². The van der Waals surface area contributed by atoms with Crippen molar-refractivity contribution in [1.29, 1.82) is 0 Å². The van der Waals surface area contributed by atoms with E-state index < -0.39 is 24.1 Å². The molecule has 126 valence electrons. The first-order valence-electron chi connectivity index (χ1n) is 7.44. The lowest BCUT2D eigenvalue weighted by Gasteiger charge is -2.17. The maximum atomic E-state index is 12.1. The molecule has 1 amide bonds. The van der Waals surface area contributed by atoms with E-state index in [9.17, 15) is 9.59 Å². The molecule has 0 unspecified atom stereocenters. The standard InChI is InChI=1S/C18H18ClNO4/c1-12(17(21)20-15-10-8-14(19)9-11-15)24-18(22)13(2)23-16-6-4-3-5-7-16/h3-13H,1-2H3,(H,20,21)/t12-,13+/m0/s1. The van der Waals surface area contributed by atoms with Crippen molar-refractivity contribution in [3.05, 3.63) is 59.6 Å². The number of benzene rings is 2. The van der Waals surface area contributed by atoms with Gasteiger partial charge in [-0.3, -0.25) is 4.79 Å². The van der Waals surface area contributed by atoms with Gasteiger partial charge in [0, 0.05) is 10.7 Å². The molecule has 0 aliphatic heterocycles. The van der Waals surface area contributed by atoms with Crippen LogP contribution in [0.1, 0.15) is 13.8 Å². The number of nitrogens with one attached hydrogen (secondary N) is 1. The van der Waals surface area contributed by atoms with E-state index in [2.05, 4.69) is 5.32 Å². The lowest BCUT2D eigenvalue weighted by Crippen LogP contribution is -2.35. The molecule has 5 nitrogen and oxygen atoms in total. The minimum atomic E-state index is -0.949. The zero-order valence-electron chi connectivity index (χ0n) is 13.4. The fourth-order valence-corrected chi connectivity index (χ4v) is 1.98. The van der Waals surface area contributed by atoms with E-state index in [0.29, 0.717) is 16.5 Å². The zero-order chi connectivity index (χ0) is 17.5. The lowest BCUT2D eigenvalue weighted by molar-refractivity contribution is -0.159. The van der Waals surface area contributed by atoms with Crippen molar-refractivity contribution in [3.8, 4) is 5.75 Å². The van der Waals surface area contributed by atoms with Crippen molar-refractivity contribution in [1.82, 2.24) is 0 Å². The molecule has 0 fully saturated rings. The minimum absolute atomic E-state index is 0.433. The Morgan fingerprint density at radius 2 is 1.58 bits per heavy atom. The Bertz CT molecular complexity index is 688. The van der Waals surface area contributed by atoms with Crippen LogP contribution in [0, 0.1) is 0 Å². The molecular weight excluding hydrogens is 330 g/mol. The van der Waals surface area contributed by atoms with E-state index in [0.717, 1.165) is 0 Å². The number of rotatable bonds is 6. The summed E-state index contributed by atoms with van der Waals surface area (Å²) in [5.41, 5.74) is 0.570. The summed E-state index contributed by atoms with van der Waals surface area (Å²) in [4.78, 5) is 24.1. The van der Waals surface area contributed by atoms with Crippen molar-refractivity contribution in [2.24, 2.45) is 0 Å². The molecule has 1 N–H and O–H groups in total. The summed E-state index contributed by atoms with van der Waals surface area (Å²) in [5, 5.41) is 3.22. The van der Waals surface area contributed by atoms with E-state index in [-0.39, 0.29) is 0 Å². The van der Waals surface area contributed by atoms with E-state index in [1.165, 1.54) is 6.92 Å². The highest BCUT2D eigenvalue weighted by molar-refractivity contribution is 6.30. The highest BCUT2D eigenvalue weighted by atomic mass is 35.5. The molecular formula is C18H18ClNO4. The van der Waals surface area contributed by atoms with E-state index in [4.69, 9.17) is 21.1 Å². The van der Waals surface area contributed by atoms with Crippen LogP contribution in [0.2, 0.25) is 5.02 Å². The molecule has 2 aromatic carbocycles. The Labute approximate surface area is 145 Å². The Kier molecular flexibility index (Phi) is 6.21. The van der Waals surface area contributed by atoms with Crippen LogP contribution >= 0.6 is 11.6 Å². The molecule has 2 rings (SSSR count). The van der Waals surface area contributed by atoms with Gasteiger partial charge in [0.2, 0.25) is 0 Å². The fraction of sp³-hybridized carbons (Fsp3) is 0.222. The summed E-state index contributed by atoms with van der Waals surface area (Å²) in [5.74, 6) is -0.490. The molecule has 2 atom stereocenters. The summed E-state index contributed by atoms with van der Waals surface area (Å²) in [6.45, 7) is 3.07. The van der Waals surface area contributed by atoms with Crippen LogP contribution in [0.15, 0.2) is 54.6 Å². The third-order valence-electron chi connectivity index (χ3n) is 3.16. The van der Waals surface area contributed by atoms with Gasteiger partial charge in [0.1, 0.15) is 5.75 Å². The van der Waals surface area contributed by atoms with Crippen LogP contribution in [0.25, 0.3) is 0 Å². The zero-order valence-corrected chi connectivity index (χ0v) is 14.1. The summed E-state index contributed by atoms with van der Waals surface area (Å²) >= 11 is 5.78. The normalized spacial score (nSPS) is 12.8. The highest BCUT2D eigenvalue weighted by Crippen LogP contribution is 2.15. The van der Waals surface area contributed by atoms with Crippen LogP contribution < -0.4 is 10.1 Å². The number of carbonyl (C=O) groups is 2. The molecule has 0 aliphatic rings. The van der Waals surface area contributed by atoms with Crippen LogP contribution in [0.5, 0.6) is 5.75 Å². The number of para-hydroxylation sites is 1. The quantitative estimate of drug-likeness (QED) is 0.810. The molecule has 0 saturated carbocycles. The number of anilines is 1. The van der Waals surface area contributed by atoms with Crippen LogP contribution in [0.4, 0.5) is 5.69 Å². The maximum absolute atomic E-state index is 12.1. The predicted octanol–water partition coefficient (Wildman–Crippen LogP) is 3.68. The number of halogens is 1. The molecule has 6 heteroatoms. The van der Waals surface area contributed by atoms with Crippen molar-refractivity contribution < 1.29 is 19.1 Å². The van der Waals surface area contributed by atoms with Gasteiger partial charge in [-0.25, -0.2) is 4.79 Å². The smallest absolute Gasteiger partial charge is 0.347 e. The van der Waals surface area contributed by atoms with Crippen molar-refractivity contribution in [2.75, 3.05) is 5.32 Å². The SMILES string of the molecule is C[C@H](OC(=O)[C@@H](C)Oc1ccccc1)C(=O)Nc1ccc(Cl)cc1. The van der Waals surface area contributed by atoms with Gasteiger partial charge >= 0.3 is 5.97 Å². The van der Waals surface area contributed by atoms with Gasteiger partial charge in [-0.05, 0) is 50.2 Å². The Morgan fingerprint density at radius 1 is 0.958 bits per heavy atom. The Morgan fingerprint density at radius 3 is 2.21 bits per heavy atom. The van der Waals surface area contributed by atoms with Crippen LogP contribution in [0.3, 0.4) is 0 Å². The van der Waals surface area contributed by atoms with Gasteiger partial charge < -0.3 is 14.8 Å². The Hall–Kier alpha value is -2.53. The highest BCUT2D eigenvalue weighted by Gasteiger charge is 2.23. The average molecular weight is 348 g/mol.